The van der Waals surface area contributed by atoms with E-state index in [0.29, 0.717) is 0 Å². The molecule has 0 bridgehead atoms. The van der Waals surface area contributed by atoms with Crippen molar-refractivity contribution in [2.45, 2.75) is 58.2 Å². The van der Waals surface area contributed by atoms with Gasteiger partial charge in [0.15, 0.2) is 0 Å². The van der Waals surface area contributed by atoms with Crippen LogP contribution >= 0.6 is 0 Å². The van der Waals surface area contributed by atoms with Crippen LogP contribution in [0.3, 0.4) is 0 Å². The highest BCUT2D eigenvalue weighted by atomic mass is 13.9. The summed E-state index contributed by atoms with van der Waals surface area (Å²) in [5.74, 6) is 0. The van der Waals surface area contributed by atoms with Gasteiger partial charge in [-0.1, -0.05) is 58.2 Å². The van der Waals surface area contributed by atoms with E-state index in [1.54, 1.807) is 0 Å². The lowest BCUT2D eigenvalue weighted by Gasteiger charge is -1.97. The van der Waals surface area contributed by atoms with E-state index < -0.39 is 0 Å². The second-order valence-electron chi connectivity index (χ2n) is 3.12. The molecule has 0 N–H and O–H groups in total. The van der Waals surface area contributed by atoms with Crippen LogP contribution in [0.2, 0.25) is 6.32 Å². The third-order valence-electron chi connectivity index (χ3n) is 1.96. The van der Waals surface area contributed by atoms with Gasteiger partial charge in [0.05, 0.1) is 0 Å². The summed E-state index contributed by atoms with van der Waals surface area (Å²) >= 11 is 0. The number of unbranched alkanes of at least 4 members (excludes halogenated alkanes) is 6. The molecule has 0 amide bonds. The smallest absolute Gasteiger partial charge is 0.0811 e. The third-order valence-corrected chi connectivity index (χ3v) is 1.96. The van der Waals surface area contributed by atoms with Gasteiger partial charge in [-0.2, -0.15) is 0 Å². The summed E-state index contributed by atoms with van der Waals surface area (Å²) in [6, 6.07) is 0. The van der Waals surface area contributed by atoms with Crippen molar-refractivity contribution in [3.8, 4) is 0 Å². The maximum atomic E-state index is 2.27. The Hall–Kier alpha value is 0.0649. The van der Waals surface area contributed by atoms with Crippen LogP contribution in [0, 0.1) is 0 Å². The molecule has 0 aromatic heterocycles. The Balaban J connectivity index is 2.65. The molecule has 0 aliphatic heterocycles. The van der Waals surface area contributed by atoms with Crippen molar-refractivity contribution in [3.63, 3.8) is 0 Å². The van der Waals surface area contributed by atoms with Crippen molar-refractivity contribution in [1.82, 2.24) is 0 Å². The van der Waals surface area contributed by atoms with Crippen LogP contribution in [0.5, 0.6) is 0 Å². The second kappa shape index (κ2) is 9.06. The van der Waals surface area contributed by atoms with Crippen molar-refractivity contribution in [2.24, 2.45) is 0 Å². The minimum Gasteiger partial charge on any atom is -0.0811 e. The van der Waals surface area contributed by atoms with E-state index in [-0.39, 0.29) is 0 Å². The molecule has 0 saturated carbocycles. The van der Waals surface area contributed by atoms with Gasteiger partial charge in [-0.05, 0) is 0 Å². The van der Waals surface area contributed by atoms with Gasteiger partial charge in [0.25, 0.3) is 0 Å². The molecular weight excluding hydrogens is 119 g/mol. The normalized spacial score (nSPS) is 10.1. The van der Waals surface area contributed by atoms with Crippen LogP contribution in [-0.4, -0.2) is 7.85 Å². The lowest BCUT2D eigenvalue weighted by Crippen LogP contribution is -1.78. The van der Waals surface area contributed by atoms with Crippen LogP contribution in [0.15, 0.2) is 0 Å². The van der Waals surface area contributed by atoms with Crippen molar-refractivity contribution in [2.75, 3.05) is 0 Å². The fourth-order valence-electron chi connectivity index (χ4n) is 1.21. The van der Waals surface area contributed by atoms with E-state index in [9.17, 15) is 0 Å². The molecule has 0 radical (unpaired) electrons. The number of hydrogen-bond acceptors (Lipinski definition) is 0. The van der Waals surface area contributed by atoms with Gasteiger partial charge in [-0.25, -0.2) is 0 Å². The topological polar surface area (TPSA) is 0 Å². The summed E-state index contributed by atoms with van der Waals surface area (Å²) in [5.41, 5.74) is 0. The minimum atomic E-state index is 1.37. The van der Waals surface area contributed by atoms with Crippen molar-refractivity contribution in [1.29, 1.82) is 0 Å². The minimum absolute atomic E-state index is 1.37. The highest BCUT2D eigenvalue weighted by Crippen LogP contribution is 2.07. The third kappa shape index (κ3) is 8.06. The SMILES string of the molecule is BCCCCCCCCC. The molecule has 0 unspecified atom stereocenters. The van der Waals surface area contributed by atoms with Gasteiger partial charge in [0.1, 0.15) is 7.85 Å². The molecule has 60 valence electrons. The Morgan fingerprint density at radius 3 is 1.80 bits per heavy atom. The Morgan fingerprint density at radius 1 is 0.800 bits per heavy atom. The first-order valence-corrected chi connectivity index (χ1v) is 4.91. The van der Waals surface area contributed by atoms with Gasteiger partial charge in [-0.15, -0.1) is 0 Å². The molecule has 0 atom stereocenters. The first-order chi connectivity index (χ1) is 4.91. The predicted octanol–water partition coefficient (Wildman–Crippen LogP) is 2.79. The summed E-state index contributed by atoms with van der Waals surface area (Å²) in [6.45, 7) is 2.27. The van der Waals surface area contributed by atoms with E-state index >= 15 is 0 Å². The molecule has 0 aromatic rings. The standard InChI is InChI=1S/C9H21B/c1-2-3-4-5-6-7-8-9-10/h2-10H2,1H3. The summed E-state index contributed by atoms with van der Waals surface area (Å²) in [6.07, 6.45) is 11.5. The molecule has 0 heterocycles. The average molecular weight is 140 g/mol. The monoisotopic (exact) mass is 140 g/mol. The van der Waals surface area contributed by atoms with E-state index in [0.717, 1.165) is 0 Å². The number of rotatable bonds is 7. The van der Waals surface area contributed by atoms with E-state index in [1.807, 2.05) is 0 Å². The first kappa shape index (κ1) is 10.1. The van der Waals surface area contributed by atoms with Gasteiger partial charge in [-0.3, -0.25) is 0 Å². The lowest BCUT2D eigenvalue weighted by molar-refractivity contribution is 0.602. The van der Waals surface area contributed by atoms with E-state index in [2.05, 4.69) is 14.8 Å². The maximum absolute atomic E-state index is 2.27. The molecule has 0 aliphatic rings. The molecule has 10 heavy (non-hydrogen) atoms. The maximum Gasteiger partial charge on any atom is 0.101 e. The van der Waals surface area contributed by atoms with Crippen LogP contribution < -0.4 is 0 Å². The molecule has 0 aromatic carbocycles. The van der Waals surface area contributed by atoms with Gasteiger partial charge in [0, 0.05) is 0 Å². The molecule has 1 heteroatoms. The predicted molar refractivity (Wildman–Crippen MR) is 51.3 cm³/mol. The quantitative estimate of drug-likeness (QED) is 0.376. The largest absolute Gasteiger partial charge is 0.101 e. The highest BCUT2D eigenvalue weighted by Gasteiger charge is 1.87. The van der Waals surface area contributed by atoms with Crippen LogP contribution in [0.4, 0.5) is 0 Å². The highest BCUT2D eigenvalue weighted by molar-refractivity contribution is 6.08. The van der Waals surface area contributed by atoms with Crippen molar-refractivity contribution in [3.05, 3.63) is 0 Å². The van der Waals surface area contributed by atoms with Gasteiger partial charge < -0.3 is 0 Å². The van der Waals surface area contributed by atoms with Crippen molar-refractivity contribution >= 4 is 7.85 Å². The Kier molecular flexibility index (Phi) is 9.12. The zero-order valence-electron chi connectivity index (χ0n) is 7.66. The molecule has 0 fully saturated rings. The fourth-order valence-corrected chi connectivity index (χ4v) is 1.21. The molecule has 0 rings (SSSR count). The fraction of sp³-hybridized carbons (Fsp3) is 1.00. The van der Waals surface area contributed by atoms with Gasteiger partial charge >= 0.3 is 0 Å². The summed E-state index contributed by atoms with van der Waals surface area (Å²) < 4.78 is 0. The lowest BCUT2D eigenvalue weighted by atomic mass is 9.98. The van der Waals surface area contributed by atoms with E-state index in [1.165, 1.54) is 51.3 Å². The van der Waals surface area contributed by atoms with Crippen molar-refractivity contribution < 1.29 is 0 Å². The zero-order valence-corrected chi connectivity index (χ0v) is 7.66. The average Bonchev–Trinajstić information content (AvgIpc) is 1.97. The first-order valence-electron chi connectivity index (χ1n) is 4.91. The summed E-state index contributed by atoms with van der Waals surface area (Å²) in [4.78, 5) is 0. The summed E-state index contributed by atoms with van der Waals surface area (Å²) in [5, 5.41) is 0. The van der Waals surface area contributed by atoms with Crippen LogP contribution in [0.25, 0.3) is 0 Å². The Bertz CT molecular complexity index is 44.7. The summed E-state index contributed by atoms with van der Waals surface area (Å²) in [7, 11) is 2.27. The van der Waals surface area contributed by atoms with Gasteiger partial charge in [0.2, 0.25) is 0 Å². The molecular formula is C9H21B. The number of hydrogen-bond donors (Lipinski definition) is 0. The molecule has 0 aliphatic carbocycles. The Labute approximate surface area is 66.8 Å². The van der Waals surface area contributed by atoms with Crippen LogP contribution in [0.1, 0.15) is 51.9 Å². The molecule has 0 saturated heterocycles. The van der Waals surface area contributed by atoms with Crippen LogP contribution in [-0.2, 0) is 0 Å². The van der Waals surface area contributed by atoms with E-state index in [4.69, 9.17) is 0 Å². The second-order valence-corrected chi connectivity index (χ2v) is 3.12. The Morgan fingerprint density at radius 2 is 1.30 bits per heavy atom. The zero-order chi connectivity index (χ0) is 7.66. The molecule has 0 nitrogen and oxygen atoms in total. The molecule has 0 spiro atoms.